The van der Waals surface area contributed by atoms with Crippen LogP contribution >= 0.6 is 0 Å². The monoisotopic (exact) mass is 339 g/mol. The standard InChI is InChI=1S/C16H25N3O3S/c1-11(2)19-23(21,22)14-8-6-13(7-9-14)18-16(20)10-12-4-3-5-15(12)17/h6-9,11-12,15,19H,3-5,10,17H2,1-2H3,(H,18,20)/t12-,15+/m0/s1. The first-order valence-electron chi connectivity index (χ1n) is 7.96. The van der Waals surface area contributed by atoms with Gasteiger partial charge in [-0.1, -0.05) is 6.42 Å². The lowest BCUT2D eigenvalue weighted by atomic mass is 10.00. The third-order valence-corrected chi connectivity index (χ3v) is 5.68. The molecule has 1 saturated carbocycles. The molecule has 128 valence electrons. The number of sulfonamides is 1. The molecule has 23 heavy (non-hydrogen) atoms. The highest BCUT2D eigenvalue weighted by Gasteiger charge is 2.26. The molecule has 1 aromatic rings. The predicted octanol–water partition coefficient (Wildman–Crippen LogP) is 1.83. The van der Waals surface area contributed by atoms with Crippen LogP contribution in [0.3, 0.4) is 0 Å². The second kappa shape index (κ2) is 7.42. The molecule has 2 rings (SSSR count). The molecular weight excluding hydrogens is 314 g/mol. The van der Waals surface area contributed by atoms with E-state index in [0.29, 0.717) is 12.1 Å². The van der Waals surface area contributed by atoms with Crippen LogP contribution in [-0.4, -0.2) is 26.4 Å². The smallest absolute Gasteiger partial charge is 0.240 e. The van der Waals surface area contributed by atoms with Gasteiger partial charge in [-0.15, -0.1) is 0 Å². The zero-order valence-corrected chi connectivity index (χ0v) is 14.4. The molecule has 1 amide bonds. The predicted molar refractivity (Wildman–Crippen MR) is 90.5 cm³/mol. The fourth-order valence-corrected chi connectivity index (χ4v) is 4.12. The summed E-state index contributed by atoms with van der Waals surface area (Å²) in [6, 6.07) is 6.11. The Morgan fingerprint density at radius 2 is 1.91 bits per heavy atom. The minimum absolute atomic E-state index is 0.0803. The molecule has 0 aromatic heterocycles. The highest BCUT2D eigenvalue weighted by Crippen LogP contribution is 2.27. The normalized spacial score (nSPS) is 21.6. The van der Waals surface area contributed by atoms with Gasteiger partial charge >= 0.3 is 0 Å². The summed E-state index contributed by atoms with van der Waals surface area (Å²) in [5.41, 5.74) is 6.56. The number of nitrogens with one attached hydrogen (secondary N) is 2. The number of amides is 1. The maximum absolute atomic E-state index is 12.0. The van der Waals surface area contributed by atoms with E-state index in [9.17, 15) is 13.2 Å². The molecule has 0 bridgehead atoms. The zero-order valence-electron chi connectivity index (χ0n) is 13.6. The molecule has 0 radical (unpaired) electrons. The molecular formula is C16H25N3O3S. The molecule has 1 aliphatic rings. The maximum atomic E-state index is 12.0. The van der Waals surface area contributed by atoms with Gasteiger partial charge in [0, 0.05) is 24.2 Å². The van der Waals surface area contributed by atoms with Gasteiger partial charge in [-0.25, -0.2) is 13.1 Å². The van der Waals surface area contributed by atoms with Gasteiger partial charge in [0.1, 0.15) is 0 Å². The van der Waals surface area contributed by atoms with Crippen molar-refractivity contribution in [3.63, 3.8) is 0 Å². The minimum atomic E-state index is -3.51. The van der Waals surface area contributed by atoms with Crippen LogP contribution < -0.4 is 15.8 Å². The Morgan fingerprint density at radius 3 is 2.43 bits per heavy atom. The second-order valence-electron chi connectivity index (χ2n) is 6.41. The lowest BCUT2D eigenvalue weighted by molar-refractivity contribution is -0.117. The van der Waals surface area contributed by atoms with Crippen molar-refractivity contribution in [3.8, 4) is 0 Å². The van der Waals surface area contributed by atoms with Gasteiger partial charge in [0.05, 0.1) is 4.90 Å². The van der Waals surface area contributed by atoms with Crippen molar-refractivity contribution in [2.45, 2.75) is 56.5 Å². The molecule has 4 N–H and O–H groups in total. The van der Waals surface area contributed by atoms with Crippen LogP contribution in [0.15, 0.2) is 29.2 Å². The van der Waals surface area contributed by atoms with Crippen molar-refractivity contribution in [1.29, 1.82) is 0 Å². The molecule has 6 nitrogen and oxygen atoms in total. The number of carbonyl (C=O) groups excluding carboxylic acids is 1. The van der Waals surface area contributed by atoms with Gasteiger partial charge in [-0.2, -0.15) is 0 Å². The van der Waals surface area contributed by atoms with Crippen LogP contribution in [0.2, 0.25) is 0 Å². The lowest BCUT2D eigenvalue weighted by Crippen LogP contribution is -2.30. The first-order chi connectivity index (χ1) is 10.8. The molecule has 0 saturated heterocycles. The van der Waals surface area contributed by atoms with E-state index < -0.39 is 10.0 Å². The fourth-order valence-electron chi connectivity index (χ4n) is 2.86. The van der Waals surface area contributed by atoms with Crippen molar-refractivity contribution in [2.24, 2.45) is 11.7 Å². The Morgan fingerprint density at radius 1 is 1.26 bits per heavy atom. The summed E-state index contributed by atoms with van der Waals surface area (Å²) in [5.74, 6) is 0.160. The summed E-state index contributed by atoms with van der Waals surface area (Å²) in [7, 11) is -3.51. The van der Waals surface area contributed by atoms with E-state index in [1.807, 2.05) is 0 Å². The van der Waals surface area contributed by atoms with Gasteiger partial charge < -0.3 is 11.1 Å². The van der Waals surface area contributed by atoms with Crippen LogP contribution in [0.5, 0.6) is 0 Å². The average Bonchev–Trinajstić information content (AvgIpc) is 2.83. The number of hydrogen-bond acceptors (Lipinski definition) is 4. The average molecular weight is 339 g/mol. The molecule has 0 aliphatic heterocycles. The Kier molecular flexibility index (Phi) is 5.78. The summed E-state index contributed by atoms with van der Waals surface area (Å²) in [5, 5.41) is 2.80. The molecule has 0 spiro atoms. The summed E-state index contributed by atoms with van der Waals surface area (Å²) in [6.45, 7) is 3.53. The van der Waals surface area contributed by atoms with E-state index >= 15 is 0 Å². The maximum Gasteiger partial charge on any atom is 0.240 e. The Bertz CT molecular complexity index is 641. The van der Waals surface area contributed by atoms with E-state index in [1.54, 1.807) is 26.0 Å². The molecule has 7 heteroatoms. The first-order valence-corrected chi connectivity index (χ1v) is 9.44. The highest BCUT2D eigenvalue weighted by molar-refractivity contribution is 7.89. The number of anilines is 1. The summed E-state index contributed by atoms with van der Waals surface area (Å²) in [6.07, 6.45) is 3.46. The summed E-state index contributed by atoms with van der Waals surface area (Å²) in [4.78, 5) is 12.2. The molecule has 0 heterocycles. The van der Waals surface area contributed by atoms with E-state index in [4.69, 9.17) is 5.73 Å². The lowest BCUT2D eigenvalue weighted by Gasteiger charge is -2.15. The van der Waals surface area contributed by atoms with Gasteiger partial charge in [0.25, 0.3) is 0 Å². The number of hydrogen-bond donors (Lipinski definition) is 3. The highest BCUT2D eigenvalue weighted by atomic mass is 32.2. The molecule has 1 fully saturated rings. The van der Waals surface area contributed by atoms with Crippen molar-refractivity contribution in [1.82, 2.24) is 4.72 Å². The van der Waals surface area contributed by atoms with E-state index in [2.05, 4.69) is 10.0 Å². The van der Waals surface area contributed by atoms with Crippen LogP contribution in [-0.2, 0) is 14.8 Å². The number of rotatable bonds is 6. The summed E-state index contributed by atoms with van der Waals surface area (Å²) >= 11 is 0. The van der Waals surface area contributed by atoms with Crippen molar-refractivity contribution < 1.29 is 13.2 Å². The van der Waals surface area contributed by atoms with Crippen molar-refractivity contribution in [2.75, 3.05) is 5.32 Å². The van der Waals surface area contributed by atoms with Gasteiger partial charge in [0.15, 0.2) is 0 Å². The Hall–Kier alpha value is -1.44. The molecule has 1 aliphatic carbocycles. The quantitative estimate of drug-likeness (QED) is 0.736. The molecule has 0 unspecified atom stereocenters. The topological polar surface area (TPSA) is 101 Å². The molecule has 2 atom stereocenters. The number of carbonyl (C=O) groups is 1. The van der Waals surface area contributed by atoms with Gasteiger partial charge in [-0.05, 0) is 56.9 Å². The zero-order chi connectivity index (χ0) is 17.0. The van der Waals surface area contributed by atoms with E-state index in [-0.39, 0.29) is 28.8 Å². The molecule has 1 aromatic carbocycles. The van der Waals surface area contributed by atoms with Crippen molar-refractivity contribution >= 4 is 21.6 Å². The van der Waals surface area contributed by atoms with Crippen LogP contribution in [0.4, 0.5) is 5.69 Å². The third kappa shape index (κ3) is 5.02. The summed E-state index contributed by atoms with van der Waals surface area (Å²) < 4.78 is 26.6. The van der Waals surface area contributed by atoms with Gasteiger partial charge in [0.2, 0.25) is 15.9 Å². The number of nitrogens with two attached hydrogens (primary N) is 1. The van der Waals surface area contributed by atoms with Crippen LogP contribution in [0.25, 0.3) is 0 Å². The van der Waals surface area contributed by atoms with Crippen LogP contribution in [0, 0.1) is 5.92 Å². The second-order valence-corrected chi connectivity index (χ2v) is 8.12. The first kappa shape index (κ1) is 17.9. The third-order valence-electron chi connectivity index (χ3n) is 4.00. The van der Waals surface area contributed by atoms with Crippen molar-refractivity contribution in [3.05, 3.63) is 24.3 Å². The SMILES string of the molecule is CC(C)NS(=O)(=O)c1ccc(NC(=O)C[C@@H]2CCC[C@H]2N)cc1. The van der Waals surface area contributed by atoms with Gasteiger partial charge in [-0.3, -0.25) is 4.79 Å². The minimum Gasteiger partial charge on any atom is -0.327 e. The number of benzene rings is 1. The van der Waals surface area contributed by atoms with E-state index in [0.717, 1.165) is 19.3 Å². The largest absolute Gasteiger partial charge is 0.327 e. The van der Waals surface area contributed by atoms with E-state index in [1.165, 1.54) is 12.1 Å². The fraction of sp³-hybridized carbons (Fsp3) is 0.562. The Labute approximate surface area is 137 Å². The van der Waals surface area contributed by atoms with Crippen LogP contribution in [0.1, 0.15) is 39.5 Å². The Balaban J connectivity index is 1.96.